The number of anilines is 1. The Bertz CT molecular complexity index is 1120. The van der Waals surface area contributed by atoms with E-state index in [1.807, 2.05) is 0 Å². The number of nitrogens with two attached hydrogens (primary N) is 1. The van der Waals surface area contributed by atoms with E-state index in [0.29, 0.717) is 18.7 Å². The van der Waals surface area contributed by atoms with E-state index in [0.717, 1.165) is 17.7 Å². The third-order valence-electron chi connectivity index (χ3n) is 5.97. The second-order valence-electron chi connectivity index (χ2n) is 7.75. The Morgan fingerprint density at radius 1 is 1.20 bits per heavy atom. The molecular formula is C20H21F2N5O3. The lowest BCUT2D eigenvalue weighted by molar-refractivity contribution is -0.0167. The van der Waals surface area contributed by atoms with Crippen LogP contribution in [0.25, 0.3) is 11.0 Å². The molecule has 1 fully saturated rings. The van der Waals surface area contributed by atoms with Crippen LogP contribution >= 0.6 is 0 Å². The van der Waals surface area contributed by atoms with Gasteiger partial charge in [0, 0.05) is 30.8 Å². The molecule has 4 atom stereocenters. The maximum atomic E-state index is 14.4. The molecule has 5 rings (SSSR count). The number of aliphatic hydroxyl groups excluding tert-OH is 2. The lowest BCUT2D eigenvalue weighted by Gasteiger charge is -2.24. The van der Waals surface area contributed by atoms with Crippen molar-refractivity contribution in [3.8, 4) is 5.75 Å². The quantitative estimate of drug-likeness (QED) is 0.503. The van der Waals surface area contributed by atoms with Crippen molar-refractivity contribution in [1.29, 1.82) is 0 Å². The highest BCUT2D eigenvalue weighted by molar-refractivity contribution is 5.86. The van der Waals surface area contributed by atoms with Crippen molar-refractivity contribution in [3.05, 3.63) is 47.4 Å². The van der Waals surface area contributed by atoms with Crippen LogP contribution in [0.5, 0.6) is 5.75 Å². The molecule has 0 amide bonds. The summed E-state index contributed by atoms with van der Waals surface area (Å²) in [5, 5.41) is 24.6. The fraction of sp³-hybridized carbons (Fsp3) is 0.400. The van der Waals surface area contributed by atoms with Gasteiger partial charge in [-0.05, 0) is 24.6 Å². The van der Waals surface area contributed by atoms with Crippen molar-refractivity contribution < 1.29 is 23.7 Å². The zero-order chi connectivity index (χ0) is 21.0. The largest absolute Gasteiger partial charge is 0.487 e. The number of nitrogens with one attached hydrogen (secondary N) is 1. The highest BCUT2D eigenvalue weighted by Gasteiger charge is 2.45. The van der Waals surface area contributed by atoms with Crippen LogP contribution in [0.4, 0.5) is 14.6 Å². The normalized spacial score (nSPS) is 26.1. The zero-order valence-electron chi connectivity index (χ0n) is 15.9. The summed E-state index contributed by atoms with van der Waals surface area (Å²) < 4.78 is 35.9. The summed E-state index contributed by atoms with van der Waals surface area (Å²) in [6.45, 7) is 1.28. The van der Waals surface area contributed by atoms with Crippen molar-refractivity contribution in [2.24, 2.45) is 0 Å². The van der Waals surface area contributed by atoms with E-state index in [1.165, 1.54) is 29.2 Å². The maximum Gasteiger partial charge on any atom is 0.154 e. The average Bonchev–Trinajstić information content (AvgIpc) is 3.20. The van der Waals surface area contributed by atoms with Crippen LogP contribution in [-0.2, 0) is 13.0 Å². The molecule has 2 aromatic heterocycles. The van der Waals surface area contributed by atoms with E-state index in [1.54, 1.807) is 0 Å². The molecule has 3 heterocycles. The van der Waals surface area contributed by atoms with Crippen LogP contribution < -0.4 is 15.8 Å². The Kier molecular flexibility index (Phi) is 4.57. The molecule has 5 N–H and O–H groups in total. The van der Waals surface area contributed by atoms with Gasteiger partial charge in [0.15, 0.2) is 5.82 Å². The number of rotatable bonds is 3. The van der Waals surface area contributed by atoms with Crippen LogP contribution in [0.15, 0.2) is 24.7 Å². The van der Waals surface area contributed by atoms with Crippen molar-refractivity contribution in [2.75, 3.05) is 12.3 Å². The maximum absolute atomic E-state index is 14.4. The molecule has 10 heteroatoms. The van der Waals surface area contributed by atoms with Gasteiger partial charge in [0.2, 0.25) is 0 Å². The molecule has 1 unspecified atom stereocenters. The highest BCUT2D eigenvalue weighted by Crippen LogP contribution is 2.38. The molecule has 158 valence electrons. The van der Waals surface area contributed by atoms with E-state index in [-0.39, 0.29) is 23.3 Å². The van der Waals surface area contributed by atoms with Crippen molar-refractivity contribution >= 4 is 16.9 Å². The first-order chi connectivity index (χ1) is 14.4. The summed E-state index contributed by atoms with van der Waals surface area (Å²) in [6.07, 6.45) is -0.0319. The van der Waals surface area contributed by atoms with Crippen molar-refractivity contribution in [1.82, 2.24) is 19.9 Å². The lowest BCUT2D eigenvalue weighted by Crippen LogP contribution is -2.35. The van der Waals surface area contributed by atoms with Crippen LogP contribution in [0, 0.1) is 11.6 Å². The number of benzene rings is 1. The van der Waals surface area contributed by atoms with E-state index < -0.39 is 36.0 Å². The first-order valence-electron chi connectivity index (χ1n) is 9.75. The van der Waals surface area contributed by atoms with Gasteiger partial charge in [-0.25, -0.2) is 18.7 Å². The number of fused-ring (bicyclic) bond motifs is 2. The first kappa shape index (κ1) is 19.2. The van der Waals surface area contributed by atoms with Gasteiger partial charge in [0.05, 0.1) is 11.4 Å². The smallest absolute Gasteiger partial charge is 0.154 e. The van der Waals surface area contributed by atoms with Gasteiger partial charge in [-0.2, -0.15) is 0 Å². The molecule has 1 aromatic carbocycles. The molecule has 30 heavy (non-hydrogen) atoms. The molecule has 0 bridgehead atoms. The molecular weight excluding hydrogens is 396 g/mol. The van der Waals surface area contributed by atoms with Crippen LogP contribution in [0.2, 0.25) is 0 Å². The van der Waals surface area contributed by atoms with Crippen molar-refractivity contribution in [2.45, 2.75) is 43.7 Å². The number of hydrogen-bond donors (Lipinski definition) is 4. The number of aliphatic hydroxyl groups is 2. The van der Waals surface area contributed by atoms with Gasteiger partial charge >= 0.3 is 0 Å². The lowest BCUT2D eigenvalue weighted by atomic mass is 10.00. The number of halogens is 2. The van der Waals surface area contributed by atoms with E-state index in [2.05, 4.69) is 15.3 Å². The van der Waals surface area contributed by atoms with Crippen LogP contribution in [-0.4, -0.2) is 49.6 Å². The van der Waals surface area contributed by atoms with Gasteiger partial charge in [-0.15, -0.1) is 0 Å². The van der Waals surface area contributed by atoms with E-state index >= 15 is 0 Å². The topological polar surface area (TPSA) is 118 Å². The predicted octanol–water partition coefficient (Wildman–Crippen LogP) is 1.05. The van der Waals surface area contributed by atoms with Gasteiger partial charge in [-0.3, -0.25) is 0 Å². The van der Waals surface area contributed by atoms with Gasteiger partial charge < -0.3 is 30.6 Å². The Morgan fingerprint density at radius 2 is 2.03 bits per heavy atom. The Morgan fingerprint density at radius 3 is 2.87 bits per heavy atom. The summed E-state index contributed by atoms with van der Waals surface area (Å²) in [6, 6.07) is 2.08. The third-order valence-corrected chi connectivity index (χ3v) is 5.97. The summed E-state index contributed by atoms with van der Waals surface area (Å²) in [5.41, 5.74) is 7.68. The molecule has 0 saturated heterocycles. The first-order valence-corrected chi connectivity index (χ1v) is 9.75. The molecule has 1 aliphatic heterocycles. The summed E-state index contributed by atoms with van der Waals surface area (Å²) in [4.78, 5) is 7.88. The second kappa shape index (κ2) is 7.15. The fourth-order valence-corrected chi connectivity index (χ4v) is 4.47. The number of ether oxygens (including phenoxy) is 1. The summed E-state index contributed by atoms with van der Waals surface area (Å²) >= 11 is 0. The Hall–Kier alpha value is -2.82. The molecule has 0 radical (unpaired) electrons. The number of nitrogen functional groups attached to an aromatic ring is 1. The highest BCUT2D eigenvalue weighted by atomic mass is 19.1. The SMILES string of the molecule is Nc1ncnc2c1c(F)cn2C1C[C@H](Oc2cc(F)cc3c2CNCC3)[C@@H](O)[C@H]1O. The number of hydrogen-bond acceptors (Lipinski definition) is 7. The fourth-order valence-electron chi connectivity index (χ4n) is 4.47. The minimum atomic E-state index is -1.25. The minimum Gasteiger partial charge on any atom is -0.487 e. The third kappa shape index (κ3) is 2.99. The second-order valence-corrected chi connectivity index (χ2v) is 7.75. The molecule has 2 aliphatic rings. The minimum absolute atomic E-state index is 0.00373. The summed E-state index contributed by atoms with van der Waals surface area (Å²) in [7, 11) is 0. The van der Waals surface area contributed by atoms with Gasteiger partial charge in [0.25, 0.3) is 0 Å². The molecule has 1 saturated carbocycles. The standard InChI is InChI=1S/C20H21F2N5O3/c21-10-3-9-1-2-24-6-11(9)14(4-10)30-15-5-13(17(28)18(15)29)27-7-12(22)16-19(23)25-8-26-20(16)27/h3-4,7-8,13,15,17-18,24,28-29H,1-2,5-6H2,(H2,23,25,26)/t13?,15-,17-,18+/m0/s1. The molecule has 8 nitrogen and oxygen atoms in total. The monoisotopic (exact) mass is 417 g/mol. The molecule has 0 spiro atoms. The van der Waals surface area contributed by atoms with Gasteiger partial charge in [-0.1, -0.05) is 0 Å². The molecule has 3 aromatic rings. The zero-order valence-corrected chi connectivity index (χ0v) is 15.9. The van der Waals surface area contributed by atoms with Crippen LogP contribution in [0.3, 0.4) is 0 Å². The predicted molar refractivity (Wildman–Crippen MR) is 104 cm³/mol. The number of nitrogens with zero attached hydrogens (tertiary/aromatic N) is 3. The van der Waals surface area contributed by atoms with E-state index in [4.69, 9.17) is 10.5 Å². The van der Waals surface area contributed by atoms with Crippen molar-refractivity contribution in [3.63, 3.8) is 0 Å². The van der Waals surface area contributed by atoms with Gasteiger partial charge in [0.1, 0.15) is 47.7 Å². The Balaban J connectivity index is 1.47. The van der Waals surface area contributed by atoms with E-state index in [9.17, 15) is 19.0 Å². The van der Waals surface area contributed by atoms with Crippen LogP contribution in [0.1, 0.15) is 23.6 Å². The molecule has 1 aliphatic carbocycles. The average molecular weight is 417 g/mol. The number of aromatic nitrogens is 3. The Labute approximate surface area is 170 Å². The summed E-state index contributed by atoms with van der Waals surface area (Å²) in [5.74, 6) is -0.694.